The van der Waals surface area contributed by atoms with E-state index in [2.05, 4.69) is 224 Å². The zero-order valence-electron chi connectivity index (χ0n) is 27.2. The van der Waals surface area contributed by atoms with Gasteiger partial charge in [0.1, 0.15) is 0 Å². The van der Waals surface area contributed by atoms with Gasteiger partial charge >= 0.3 is 296 Å². The van der Waals surface area contributed by atoms with Crippen LogP contribution in [-0.2, 0) is 12.5 Å². The van der Waals surface area contributed by atoms with Crippen molar-refractivity contribution in [2.75, 3.05) is 0 Å². The number of hydrogen-bond donors (Lipinski definition) is 0. The Balaban J connectivity index is 1.69. The Bertz CT molecular complexity index is 1940. The molecule has 0 N–H and O–H groups in total. The van der Waals surface area contributed by atoms with E-state index < -0.39 is 24.6 Å². The Kier molecular flexibility index (Phi) is 9.09. The molecule has 0 bridgehead atoms. The monoisotopic (exact) mass is 711 g/mol. The summed E-state index contributed by atoms with van der Waals surface area (Å²) in [5, 5.41) is 11.3. The summed E-state index contributed by atoms with van der Waals surface area (Å²) in [4.78, 5) is 0. The summed E-state index contributed by atoms with van der Waals surface area (Å²) < 4.78 is 1.46. The van der Waals surface area contributed by atoms with E-state index in [0.717, 1.165) is 0 Å². The van der Waals surface area contributed by atoms with E-state index in [-0.39, 0.29) is 0 Å². The van der Waals surface area contributed by atoms with E-state index in [1.54, 1.807) is 0 Å². The van der Waals surface area contributed by atoms with Crippen molar-refractivity contribution in [1.29, 1.82) is 0 Å². The van der Waals surface area contributed by atoms with Gasteiger partial charge in [0.2, 0.25) is 0 Å². The molecule has 0 aliphatic heterocycles. The van der Waals surface area contributed by atoms with Crippen LogP contribution in [0.25, 0.3) is 10.8 Å². The first-order valence-electron chi connectivity index (χ1n) is 16.8. The van der Waals surface area contributed by atoms with Gasteiger partial charge in [0.05, 0.1) is 0 Å². The van der Waals surface area contributed by atoms with E-state index in [4.69, 9.17) is 0 Å². The van der Waals surface area contributed by atoms with Crippen molar-refractivity contribution in [3.8, 4) is 0 Å². The van der Waals surface area contributed by atoms with Crippen LogP contribution in [0.2, 0.25) is 0 Å². The van der Waals surface area contributed by atoms with E-state index in [1.165, 1.54) is 47.1 Å². The minimum atomic E-state index is -2.99. The summed E-state index contributed by atoms with van der Waals surface area (Å²) in [6, 6.07) is 79.4. The molecule has 8 aromatic carbocycles. The minimum absolute atomic E-state index is 0.626. The third kappa shape index (κ3) is 5.48. The summed E-state index contributed by atoms with van der Waals surface area (Å²) in [7, 11) is 0. The van der Waals surface area contributed by atoms with Crippen molar-refractivity contribution in [2.24, 2.45) is 0 Å². The van der Waals surface area contributed by atoms with Crippen molar-refractivity contribution in [2.45, 2.75) is 0 Å². The van der Waals surface area contributed by atoms with Crippen molar-refractivity contribution in [3.05, 3.63) is 224 Å². The second kappa shape index (κ2) is 14.1. The molecule has 8 rings (SSSR count). The Hall–Kier alpha value is -4.63. The second-order valence-corrected chi connectivity index (χ2v) is 27.6. The van der Waals surface area contributed by atoms with Gasteiger partial charge < -0.3 is 0 Å². The first-order valence-corrected chi connectivity index (χ1v) is 23.8. The van der Waals surface area contributed by atoms with Gasteiger partial charge in [-0.25, -0.2) is 0 Å². The zero-order chi connectivity index (χ0) is 32.9. The molecule has 0 saturated heterocycles. The topological polar surface area (TPSA) is 0 Å². The Morgan fingerprint density at radius 3 is 0.837 bits per heavy atom. The molecular weight excluding hydrogens is 673 g/mol. The molecule has 0 saturated carbocycles. The molecule has 0 spiro atoms. The molecule has 3 heteroatoms. The average Bonchev–Trinajstić information content (AvgIpc) is 3.20. The van der Waals surface area contributed by atoms with Gasteiger partial charge in [-0.1, -0.05) is 0 Å². The van der Waals surface area contributed by atoms with Crippen LogP contribution in [-0.4, -0.2) is 0 Å². The van der Waals surface area contributed by atoms with Gasteiger partial charge in [0.15, 0.2) is 0 Å². The maximum absolute atomic E-state index is 2.99. The van der Waals surface area contributed by atoms with Crippen LogP contribution < -0.4 is 36.4 Å². The summed E-state index contributed by atoms with van der Waals surface area (Å²) in [6.07, 6.45) is 0. The predicted octanol–water partition coefficient (Wildman–Crippen LogP) is 8.37. The van der Waals surface area contributed by atoms with Gasteiger partial charge in [-0.05, 0) is 0 Å². The van der Waals surface area contributed by atoms with Gasteiger partial charge in [0, 0.05) is 0 Å². The van der Waals surface area contributed by atoms with Crippen LogP contribution in [0, 0.1) is 0 Å². The number of rotatable bonds is 9. The summed E-state index contributed by atoms with van der Waals surface area (Å²) >= 11 is -0.626. The fourth-order valence-corrected chi connectivity index (χ4v) is 40.2. The molecule has 0 aliphatic rings. The number of fused-ring (bicyclic) bond motifs is 1. The first-order chi connectivity index (χ1) is 24.3. The van der Waals surface area contributed by atoms with Crippen molar-refractivity contribution >= 4 is 59.2 Å². The molecule has 0 amide bonds. The summed E-state index contributed by atoms with van der Waals surface area (Å²) in [5.41, 5.74) is 0. The van der Waals surface area contributed by atoms with E-state index >= 15 is 0 Å². The zero-order valence-corrected chi connectivity index (χ0v) is 30.2. The fraction of sp³-hybridized carbons (Fsp3) is 0. The molecule has 0 nitrogen and oxygen atoms in total. The predicted molar refractivity (Wildman–Crippen MR) is 217 cm³/mol. The molecule has 8 aromatic rings. The van der Waals surface area contributed by atoms with Gasteiger partial charge in [-0.15, -0.1) is 0 Å². The Morgan fingerprint density at radius 1 is 0.245 bits per heavy atom. The summed E-state index contributed by atoms with van der Waals surface area (Å²) in [5.74, 6) is 0. The second-order valence-electron chi connectivity index (χ2n) is 12.1. The third-order valence-electron chi connectivity index (χ3n) is 9.28. The molecule has 0 atom stereocenters. The van der Waals surface area contributed by atoms with E-state index in [9.17, 15) is 0 Å². The molecule has 0 radical (unpaired) electrons. The standard InChI is InChI=1S/2C18H15P.C10H7.Ni/c2*1-4-10-16(11-5-1)19(17-12-6-2-7-13-17)18-14-8-3-9-15-18;1-2-6-10-8-4-3-7-9(10)5-1;/h2*1-15H;1-7H;/q;;;-2/p+2. The normalized spacial score (nSPS) is 12.7. The van der Waals surface area contributed by atoms with E-state index in [1.807, 2.05) is 0 Å². The maximum atomic E-state index is 2.48. The van der Waals surface area contributed by atoms with Crippen LogP contribution in [0.15, 0.2) is 224 Å². The number of benzene rings is 8. The molecule has 0 aromatic heterocycles. The Labute approximate surface area is 294 Å². The van der Waals surface area contributed by atoms with Crippen LogP contribution in [0.1, 0.15) is 0 Å². The third-order valence-corrected chi connectivity index (χ3v) is 34.6. The van der Waals surface area contributed by atoms with Crippen molar-refractivity contribution in [3.63, 3.8) is 0 Å². The fourth-order valence-electron chi connectivity index (χ4n) is 7.23. The molecule has 0 fully saturated rings. The van der Waals surface area contributed by atoms with Crippen LogP contribution in [0.5, 0.6) is 0 Å². The van der Waals surface area contributed by atoms with Crippen LogP contribution in [0.4, 0.5) is 0 Å². The molecule has 0 aliphatic carbocycles. The van der Waals surface area contributed by atoms with E-state index in [0.29, 0.717) is 0 Å². The average molecular weight is 712 g/mol. The summed E-state index contributed by atoms with van der Waals surface area (Å²) in [6.45, 7) is 0. The quantitative estimate of drug-likeness (QED) is 0.104. The molecule has 49 heavy (non-hydrogen) atoms. The Morgan fingerprint density at radius 2 is 0.510 bits per heavy atom. The van der Waals surface area contributed by atoms with Crippen LogP contribution >= 0.6 is 12.1 Å². The molecule has 0 heterocycles. The van der Waals surface area contributed by atoms with Crippen LogP contribution in [0.3, 0.4) is 0 Å². The molecule has 0 unspecified atom stereocenters. The van der Waals surface area contributed by atoms with Crippen molar-refractivity contribution in [1.82, 2.24) is 0 Å². The SMILES string of the molecule is c1ccc([PH](c2ccccc2)(c2ccccc2)[Ni]([c]2cccc3ccccc23)[PH](c2ccccc2)(c2ccccc2)c2ccccc2)cc1. The molecular formula is C46H39NiP2. The van der Waals surface area contributed by atoms with Gasteiger partial charge in [-0.3, -0.25) is 0 Å². The molecule has 243 valence electrons. The number of hydrogen-bond acceptors (Lipinski definition) is 0. The van der Waals surface area contributed by atoms with Crippen molar-refractivity contribution < 1.29 is 12.5 Å². The van der Waals surface area contributed by atoms with Gasteiger partial charge in [-0.2, -0.15) is 0 Å². The van der Waals surface area contributed by atoms with Gasteiger partial charge in [0.25, 0.3) is 0 Å². The first kappa shape index (κ1) is 31.6.